The van der Waals surface area contributed by atoms with Crippen molar-refractivity contribution in [3.05, 3.63) is 0 Å². The standard InChI is InChI=1S/C8H18O2.Al.3H/c1-2-3-4-5-6-7-8-10-9;;;;/h9H,2-8H2,1H3;;;;. The molecule has 0 heterocycles. The van der Waals surface area contributed by atoms with Gasteiger partial charge in [-0.1, -0.05) is 39.0 Å². The van der Waals surface area contributed by atoms with Crippen LogP contribution in [0.2, 0.25) is 0 Å². The third-order valence-electron chi connectivity index (χ3n) is 1.59. The molecule has 0 aliphatic rings. The van der Waals surface area contributed by atoms with Crippen molar-refractivity contribution >= 4 is 17.4 Å². The van der Waals surface area contributed by atoms with Crippen molar-refractivity contribution in [2.45, 2.75) is 45.4 Å². The zero-order valence-electron chi connectivity index (χ0n) is 6.81. The monoisotopic (exact) mass is 176 g/mol. The van der Waals surface area contributed by atoms with Crippen molar-refractivity contribution in [1.82, 2.24) is 0 Å². The van der Waals surface area contributed by atoms with Crippen LogP contribution in [0.4, 0.5) is 0 Å². The van der Waals surface area contributed by atoms with Crippen LogP contribution in [0.3, 0.4) is 0 Å². The van der Waals surface area contributed by atoms with Crippen molar-refractivity contribution in [3.63, 3.8) is 0 Å². The first-order chi connectivity index (χ1) is 4.91. The maximum atomic E-state index is 7.97. The van der Waals surface area contributed by atoms with Gasteiger partial charge in [0, 0.05) is 0 Å². The molecule has 0 fully saturated rings. The maximum absolute atomic E-state index is 7.97. The van der Waals surface area contributed by atoms with Gasteiger partial charge in [0.25, 0.3) is 0 Å². The summed E-state index contributed by atoms with van der Waals surface area (Å²) in [4.78, 5) is 3.95. The molecule has 2 nitrogen and oxygen atoms in total. The molecule has 0 saturated carbocycles. The largest absolute Gasteiger partial charge is 0.252 e. The minimum atomic E-state index is 0. The second-order valence-corrected chi connectivity index (χ2v) is 2.60. The Hall–Kier alpha value is 0.452. The number of hydrogen-bond donors (Lipinski definition) is 1. The van der Waals surface area contributed by atoms with E-state index in [1.54, 1.807) is 0 Å². The Morgan fingerprint density at radius 2 is 1.55 bits per heavy atom. The number of rotatable bonds is 7. The number of hydrogen-bond acceptors (Lipinski definition) is 2. The van der Waals surface area contributed by atoms with Gasteiger partial charge in [-0.15, -0.1) is 0 Å². The molecule has 3 heteroatoms. The van der Waals surface area contributed by atoms with Crippen LogP contribution in [0.1, 0.15) is 45.4 Å². The summed E-state index contributed by atoms with van der Waals surface area (Å²) in [7, 11) is 0. The Bertz CT molecular complexity index is 52.1. The molecule has 0 radical (unpaired) electrons. The van der Waals surface area contributed by atoms with Crippen LogP contribution in [-0.4, -0.2) is 29.2 Å². The van der Waals surface area contributed by atoms with Crippen LogP contribution in [0.25, 0.3) is 0 Å². The Morgan fingerprint density at radius 3 is 2.09 bits per heavy atom. The van der Waals surface area contributed by atoms with Crippen LogP contribution in [0, 0.1) is 0 Å². The average Bonchev–Trinajstić information content (AvgIpc) is 1.97. The fourth-order valence-corrected chi connectivity index (χ4v) is 0.947. The summed E-state index contributed by atoms with van der Waals surface area (Å²) >= 11 is 0. The summed E-state index contributed by atoms with van der Waals surface area (Å²) in [5, 5.41) is 7.97. The molecule has 0 rings (SSSR count). The second kappa shape index (κ2) is 13.1. The predicted octanol–water partition coefficient (Wildman–Crippen LogP) is 1.65. The van der Waals surface area contributed by atoms with Gasteiger partial charge in [0.05, 0.1) is 6.61 Å². The van der Waals surface area contributed by atoms with Crippen LogP contribution in [-0.2, 0) is 4.89 Å². The molecule has 0 amide bonds. The Labute approximate surface area is 80.0 Å². The van der Waals surface area contributed by atoms with Crippen molar-refractivity contribution in [1.29, 1.82) is 0 Å². The average molecular weight is 176 g/mol. The molecular formula is C8H21AlO2. The molecule has 1 N–H and O–H groups in total. The zero-order valence-corrected chi connectivity index (χ0v) is 6.81. The first-order valence-electron chi connectivity index (χ1n) is 4.18. The lowest BCUT2D eigenvalue weighted by molar-refractivity contribution is -0.242. The minimum Gasteiger partial charge on any atom is -0.252 e. The summed E-state index contributed by atoms with van der Waals surface area (Å²) in [5.74, 6) is 0. The maximum Gasteiger partial charge on any atom is 0.187 e. The molecule has 0 aliphatic heterocycles. The van der Waals surface area contributed by atoms with E-state index in [1.165, 1.54) is 32.1 Å². The third kappa shape index (κ3) is 13.4. The fraction of sp³-hybridized carbons (Fsp3) is 1.00. The second-order valence-electron chi connectivity index (χ2n) is 2.60. The van der Waals surface area contributed by atoms with Gasteiger partial charge in [-0.05, 0) is 6.42 Å². The van der Waals surface area contributed by atoms with Gasteiger partial charge in [-0.3, -0.25) is 5.26 Å². The zero-order chi connectivity index (χ0) is 7.66. The van der Waals surface area contributed by atoms with Crippen LogP contribution in [0.5, 0.6) is 0 Å². The van der Waals surface area contributed by atoms with E-state index in [9.17, 15) is 0 Å². The highest BCUT2D eigenvalue weighted by molar-refractivity contribution is 5.75. The molecule has 0 aliphatic carbocycles. The smallest absolute Gasteiger partial charge is 0.187 e. The third-order valence-corrected chi connectivity index (χ3v) is 1.59. The Morgan fingerprint density at radius 1 is 1.00 bits per heavy atom. The number of unbranched alkanes of at least 4 members (excludes halogenated alkanes) is 5. The highest BCUT2D eigenvalue weighted by Gasteiger charge is 1.88. The predicted molar refractivity (Wildman–Crippen MR) is 51.9 cm³/mol. The molecule has 0 atom stereocenters. The van der Waals surface area contributed by atoms with E-state index in [1.807, 2.05) is 0 Å². The first kappa shape index (κ1) is 14.0. The van der Waals surface area contributed by atoms with E-state index >= 15 is 0 Å². The molecule has 0 spiro atoms. The van der Waals surface area contributed by atoms with Crippen LogP contribution >= 0.6 is 0 Å². The Balaban J connectivity index is 0. The Kier molecular flexibility index (Phi) is 16.6. The van der Waals surface area contributed by atoms with Gasteiger partial charge in [-0.25, -0.2) is 4.89 Å². The van der Waals surface area contributed by atoms with Gasteiger partial charge in [0.1, 0.15) is 0 Å². The SMILES string of the molecule is CCCCCCCCOO.[AlH3]. The molecular weight excluding hydrogens is 155 g/mol. The minimum absolute atomic E-state index is 0. The quantitative estimate of drug-likeness (QED) is 0.276. The first-order valence-corrected chi connectivity index (χ1v) is 4.18. The van der Waals surface area contributed by atoms with Crippen molar-refractivity contribution in [2.24, 2.45) is 0 Å². The van der Waals surface area contributed by atoms with E-state index in [4.69, 9.17) is 5.26 Å². The molecule has 0 bridgehead atoms. The molecule has 0 aromatic carbocycles. The summed E-state index contributed by atoms with van der Waals surface area (Å²) in [6.07, 6.45) is 7.39. The molecule has 11 heavy (non-hydrogen) atoms. The van der Waals surface area contributed by atoms with Crippen LogP contribution < -0.4 is 0 Å². The molecule has 0 aromatic rings. The van der Waals surface area contributed by atoms with Crippen LogP contribution in [0.15, 0.2) is 0 Å². The highest BCUT2D eigenvalue weighted by Crippen LogP contribution is 2.04. The van der Waals surface area contributed by atoms with Crippen molar-refractivity contribution in [3.8, 4) is 0 Å². The van der Waals surface area contributed by atoms with Crippen molar-refractivity contribution in [2.75, 3.05) is 6.61 Å². The summed E-state index contributed by atoms with van der Waals surface area (Å²) in [6, 6.07) is 0. The topological polar surface area (TPSA) is 29.5 Å². The summed E-state index contributed by atoms with van der Waals surface area (Å²) in [5.41, 5.74) is 0. The van der Waals surface area contributed by atoms with E-state index in [0.29, 0.717) is 6.61 Å². The molecule has 0 saturated heterocycles. The normalized spacial score (nSPS) is 9.27. The van der Waals surface area contributed by atoms with Gasteiger partial charge >= 0.3 is 0 Å². The van der Waals surface area contributed by atoms with Gasteiger partial charge in [-0.2, -0.15) is 0 Å². The molecule has 0 aromatic heterocycles. The van der Waals surface area contributed by atoms with E-state index in [2.05, 4.69) is 11.8 Å². The van der Waals surface area contributed by atoms with E-state index in [0.717, 1.165) is 6.42 Å². The van der Waals surface area contributed by atoms with Gasteiger partial charge < -0.3 is 0 Å². The molecule has 0 unspecified atom stereocenters. The van der Waals surface area contributed by atoms with Crippen molar-refractivity contribution < 1.29 is 10.1 Å². The van der Waals surface area contributed by atoms with E-state index < -0.39 is 0 Å². The molecule has 68 valence electrons. The lowest BCUT2D eigenvalue weighted by atomic mass is 10.1. The lowest BCUT2D eigenvalue weighted by Gasteiger charge is -1.97. The van der Waals surface area contributed by atoms with Gasteiger partial charge in [0.15, 0.2) is 17.4 Å². The fourth-order valence-electron chi connectivity index (χ4n) is 0.947. The van der Waals surface area contributed by atoms with Gasteiger partial charge in [0.2, 0.25) is 0 Å². The summed E-state index contributed by atoms with van der Waals surface area (Å²) < 4.78 is 0. The highest BCUT2D eigenvalue weighted by atomic mass is 27.0. The lowest BCUT2D eigenvalue weighted by Crippen LogP contribution is -1.88. The summed E-state index contributed by atoms with van der Waals surface area (Å²) in [6.45, 7) is 2.70. The van der Waals surface area contributed by atoms with E-state index in [-0.39, 0.29) is 17.4 Å².